The molecule has 1 N–H and O–H groups in total. The van der Waals surface area contributed by atoms with Crippen LogP contribution in [0.15, 0.2) is 0 Å². The van der Waals surface area contributed by atoms with Crippen LogP contribution in [0.4, 0.5) is 0 Å². The van der Waals surface area contributed by atoms with Crippen LogP contribution in [0.5, 0.6) is 0 Å². The fraction of sp³-hybridized carbons (Fsp3) is 1.00. The Bertz CT molecular complexity index is 271. The molecule has 2 heteroatoms. The molecule has 0 heterocycles. The number of nitrogens with zero attached hydrogens (tertiary/aromatic N) is 1. The molecule has 2 aliphatic rings. The van der Waals surface area contributed by atoms with Crippen LogP contribution in [0.3, 0.4) is 0 Å². The van der Waals surface area contributed by atoms with Crippen molar-refractivity contribution in [3.63, 3.8) is 0 Å². The Balaban J connectivity index is 1.71. The van der Waals surface area contributed by atoms with Crippen LogP contribution < -0.4 is 5.32 Å². The van der Waals surface area contributed by atoms with Gasteiger partial charge in [-0.25, -0.2) is 0 Å². The second-order valence-electron chi connectivity index (χ2n) is 7.83. The minimum atomic E-state index is 0.676. The zero-order valence-electron chi connectivity index (χ0n) is 14.7. The number of hydrogen-bond donors (Lipinski definition) is 1. The highest BCUT2D eigenvalue weighted by molar-refractivity contribution is 4.86. The fourth-order valence-electron chi connectivity index (χ4n) is 4.41. The average molecular weight is 295 g/mol. The summed E-state index contributed by atoms with van der Waals surface area (Å²) >= 11 is 0. The third kappa shape index (κ3) is 5.56. The van der Waals surface area contributed by atoms with E-state index in [2.05, 4.69) is 31.1 Å². The smallest absolute Gasteiger partial charge is 0.00979 e. The van der Waals surface area contributed by atoms with Gasteiger partial charge < -0.3 is 10.2 Å². The van der Waals surface area contributed by atoms with Gasteiger partial charge in [-0.15, -0.1) is 0 Å². The highest BCUT2D eigenvalue weighted by atomic mass is 15.1. The van der Waals surface area contributed by atoms with Gasteiger partial charge in [0.25, 0.3) is 0 Å². The lowest BCUT2D eigenvalue weighted by Gasteiger charge is -2.39. The molecular weight excluding hydrogens is 256 g/mol. The number of rotatable bonds is 7. The minimum Gasteiger partial charge on any atom is -0.314 e. The quantitative estimate of drug-likeness (QED) is 0.698. The van der Waals surface area contributed by atoms with Gasteiger partial charge in [0.1, 0.15) is 0 Å². The summed E-state index contributed by atoms with van der Waals surface area (Å²) in [7, 11) is 2.25. The second kappa shape index (κ2) is 9.15. The first-order chi connectivity index (χ1) is 10.2. The van der Waals surface area contributed by atoms with Crippen molar-refractivity contribution < 1.29 is 0 Å². The molecule has 0 aromatic carbocycles. The second-order valence-corrected chi connectivity index (χ2v) is 7.83. The Kier molecular flexibility index (Phi) is 7.53. The van der Waals surface area contributed by atoms with E-state index in [0.717, 1.165) is 17.9 Å². The third-order valence-electron chi connectivity index (χ3n) is 6.05. The highest BCUT2D eigenvalue weighted by Gasteiger charge is 2.31. The van der Waals surface area contributed by atoms with E-state index in [1.54, 1.807) is 0 Å². The van der Waals surface area contributed by atoms with Gasteiger partial charge >= 0.3 is 0 Å². The molecule has 21 heavy (non-hydrogen) atoms. The van der Waals surface area contributed by atoms with E-state index in [4.69, 9.17) is 0 Å². The summed E-state index contributed by atoms with van der Waals surface area (Å²) in [5, 5.41) is 3.94. The van der Waals surface area contributed by atoms with Gasteiger partial charge in [-0.05, 0) is 65.1 Å². The fourth-order valence-corrected chi connectivity index (χ4v) is 4.41. The van der Waals surface area contributed by atoms with Gasteiger partial charge in [-0.1, -0.05) is 44.9 Å². The molecule has 124 valence electrons. The Labute approximate surface area is 133 Å². The van der Waals surface area contributed by atoms with Crippen LogP contribution in [0.1, 0.15) is 78.1 Å². The van der Waals surface area contributed by atoms with Crippen LogP contribution in [0, 0.1) is 11.8 Å². The van der Waals surface area contributed by atoms with Gasteiger partial charge in [0.05, 0.1) is 0 Å². The van der Waals surface area contributed by atoms with Crippen molar-refractivity contribution in [1.29, 1.82) is 0 Å². The van der Waals surface area contributed by atoms with Crippen molar-refractivity contribution in [2.45, 2.75) is 90.1 Å². The maximum absolute atomic E-state index is 3.94. The molecule has 2 saturated carbocycles. The van der Waals surface area contributed by atoms with E-state index < -0.39 is 0 Å². The molecule has 0 aromatic rings. The van der Waals surface area contributed by atoms with E-state index >= 15 is 0 Å². The molecule has 0 aliphatic heterocycles. The summed E-state index contributed by atoms with van der Waals surface area (Å²) in [6, 6.07) is 1.50. The Morgan fingerprint density at radius 2 is 1.62 bits per heavy atom. The normalized spacial score (nSPS) is 28.4. The van der Waals surface area contributed by atoms with Gasteiger partial charge in [0.2, 0.25) is 0 Å². The molecule has 2 fully saturated rings. The lowest BCUT2D eigenvalue weighted by molar-refractivity contribution is 0.148. The van der Waals surface area contributed by atoms with Crippen LogP contribution >= 0.6 is 0 Å². The first kappa shape index (κ1) is 17.3. The minimum absolute atomic E-state index is 0.676. The first-order valence-corrected chi connectivity index (χ1v) is 9.62. The van der Waals surface area contributed by atoms with Crippen molar-refractivity contribution in [3.05, 3.63) is 0 Å². The zero-order valence-corrected chi connectivity index (χ0v) is 14.7. The molecule has 2 rings (SSSR count). The predicted molar refractivity (Wildman–Crippen MR) is 92.7 cm³/mol. The van der Waals surface area contributed by atoms with E-state index in [1.807, 2.05) is 0 Å². The van der Waals surface area contributed by atoms with Crippen molar-refractivity contribution in [2.24, 2.45) is 11.8 Å². The Hall–Kier alpha value is -0.0800. The summed E-state index contributed by atoms with van der Waals surface area (Å²) in [4.78, 5) is 2.46. The highest BCUT2D eigenvalue weighted by Crippen LogP contribution is 2.38. The molecular formula is C19H38N2. The molecule has 2 atom stereocenters. The Morgan fingerprint density at radius 3 is 2.33 bits per heavy atom. The van der Waals surface area contributed by atoms with E-state index in [-0.39, 0.29) is 0 Å². The van der Waals surface area contributed by atoms with Crippen LogP contribution in [-0.4, -0.2) is 37.1 Å². The first-order valence-electron chi connectivity index (χ1n) is 9.62. The summed E-state index contributed by atoms with van der Waals surface area (Å²) in [6.07, 6.45) is 14.7. The van der Waals surface area contributed by atoms with Crippen molar-refractivity contribution in [1.82, 2.24) is 10.2 Å². The van der Waals surface area contributed by atoms with E-state index in [9.17, 15) is 0 Å². The summed E-state index contributed by atoms with van der Waals surface area (Å²) < 4.78 is 0. The van der Waals surface area contributed by atoms with Crippen LogP contribution in [-0.2, 0) is 0 Å². The molecule has 0 radical (unpaired) electrons. The SMILES string of the molecule is CC(C)N(C)CCCNC1CCCCC1C1CCCCC1. The maximum atomic E-state index is 3.94. The molecule has 2 nitrogen and oxygen atoms in total. The summed E-state index contributed by atoms with van der Waals surface area (Å²) in [6.45, 7) is 7.01. The van der Waals surface area contributed by atoms with E-state index in [1.165, 1.54) is 77.3 Å². The topological polar surface area (TPSA) is 15.3 Å². The van der Waals surface area contributed by atoms with Gasteiger partial charge in [-0.3, -0.25) is 0 Å². The monoisotopic (exact) mass is 294 g/mol. The predicted octanol–water partition coefficient (Wildman–Crippen LogP) is 4.45. The summed E-state index contributed by atoms with van der Waals surface area (Å²) in [5.74, 6) is 2.02. The third-order valence-corrected chi connectivity index (χ3v) is 6.05. The number of hydrogen-bond acceptors (Lipinski definition) is 2. The largest absolute Gasteiger partial charge is 0.314 e. The molecule has 0 amide bonds. The van der Waals surface area contributed by atoms with Gasteiger partial charge in [0, 0.05) is 12.1 Å². The van der Waals surface area contributed by atoms with E-state index in [0.29, 0.717) is 6.04 Å². The van der Waals surface area contributed by atoms with Crippen LogP contribution in [0.25, 0.3) is 0 Å². The van der Waals surface area contributed by atoms with Crippen molar-refractivity contribution >= 4 is 0 Å². The standard InChI is InChI=1S/C19H38N2/c1-16(2)21(3)15-9-14-20-19-13-8-7-12-18(19)17-10-5-4-6-11-17/h16-20H,4-15H2,1-3H3. The van der Waals surface area contributed by atoms with Gasteiger partial charge in [0.15, 0.2) is 0 Å². The van der Waals surface area contributed by atoms with Crippen LogP contribution in [0.2, 0.25) is 0 Å². The zero-order chi connectivity index (χ0) is 15.1. The molecule has 0 spiro atoms. The summed E-state index contributed by atoms with van der Waals surface area (Å²) in [5.41, 5.74) is 0. The molecule has 2 unspecified atom stereocenters. The average Bonchev–Trinajstić information content (AvgIpc) is 2.52. The molecule has 0 bridgehead atoms. The van der Waals surface area contributed by atoms with Crippen molar-refractivity contribution in [2.75, 3.05) is 20.1 Å². The lowest BCUT2D eigenvalue weighted by Crippen LogP contribution is -2.43. The number of nitrogens with one attached hydrogen (secondary N) is 1. The Morgan fingerprint density at radius 1 is 0.952 bits per heavy atom. The molecule has 0 saturated heterocycles. The molecule has 2 aliphatic carbocycles. The lowest BCUT2D eigenvalue weighted by atomic mass is 9.71. The van der Waals surface area contributed by atoms with Crippen molar-refractivity contribution in [3.8, 4) is 0 Å². The van der Waals surface area contributed by atoms with Gasteiger partial charge in [-0.2, -0.15) is 0 Å². The maximum Gasteiger partial charge on any atom is 0.00979 e. The molecule has 0 aromatic heterocycles.